The van der Waals surface area contributed by atoms with Gasteiger partial charge >= 0.3 is 6.18 Å². The molecule has 0 rings (SSSR count). The van der Waals surface area contributed by atoms with Crippen LogP contribution in [0.5, 0.6) is 0 Å². The molecule has 14 heavy (non-hydrogen) atoms. The van der Waals surface area contributed by atoms with Gasteiger partial charge in [0.2, 0.25) is 0 Å². The highest BCUT2D eigenvalue weighted by Crippen LogP contribution is 2.19. The van der Waals surface area contributed by atoms with Crippen molar-refractivity contribution >= 4 is 0 Å². The highest BCUT2D eigenvalue weighted by atomic mass is 19.4. The van der Waals surface area contributed by atoms with Crippen molar-refractivity contribution in [3.05, 3.63) is 23.8 Å². The van der Waals surface area contributed by atoms with Crippen LogP contribution in [0.15, 0.2) is 23.8 Å². The van der Waals surface area contributed by atoms with Crippen molar-refractivity contribution in [2.75, 3.05) is 6.54 Å². The quantitative estimate of drug-likeness (QED) is 0.698. The van der Waals surface area contributed by atoms with E-state index in [4.69, 9.17) is 0 Å². The molecule has 1 N–H and O–H groups in total. The Bertz CT molecular complexity index is 224. The Morgan fingerprint density at radius 1 is 1.43 bits per heavy atom. The Morgan fingerprint density at radius 2 is 1.93 bits per heavy atom. The average Bonchev–Trinajstić information content (AvgIpc) is 2.02. The minimum Gasteiger partial charge on any atom is -0.302 e. The Kier molecular flexibility index (Phi) is 4.91. The highest BCUT2D eigenvalue weighted by Gasteiger charge is 2.35. The van der Waals surface area contributed by atoms with Gasteiger partial charge in [0, 0.05) is 6.54 Å². The van der Waals surface area contributed by atoms with Gasteiger partial charge in [0.1, 0.15) is 6.04 Å². The zero-order valence-corrected chi connectivity index (χ0v) is 8.70. The third-order valence-corrected chi connectivity index (χ3v) is 1.98. The molecule has 0 aromatic carbocycles. The number of hydrogen-bond donors (Lipinski definition) is 1. The SMILES string of the molecule is C=CC(CN[C@@H](C)C(F)(F)F)=C(C)C. The molecule has 0 spiro atoms. The fraction of sp³-hybridized carbons (Fsp3) is 0.600. The molecule has 0 aliphatic rings. The van der Waals surface area contributed by atoms with Crippen LogP contribution < -0.4 is 5.32 Å². The second kappa shape index (κ2) is 5.20. The standard InChI is InChI=1S/C10H16F3N/c1-5-9(7(2)3)6-14-8(4)10(11,12)13/h5,8,14H,1,6H2,2-4H3/t8-/m0/s1. The lowest BCUT2D eigenvalue weighted by molar-refractivity contribution is -0.150. The molecule has 0 fully saturated rings. The lowest BCUT2D eigenvalue weighted by Crippen LogP contribution is -2.40. The second-order valence-electron chi connectivity index (χ2n) is 3.37. The Morgan fingerprint density at radius 3 is 2.21 bits per heavy atom. The normalized spacial score (nSPS) is 13.6. The highest BCUT2D eigenvalue weighted by molar-refractivity contribution is 5.23. The number of allylic oxidation sites excluding steroid dienone is 1. The first-order valence-corrected chi connectivity index (χ1v) is 4.38. The molecule has 0 unspecified atom stereocenters. The van der Waals surface area contributed by atoms with Gasteiger partial charge in [-0.25, -0.2) is 0 Å². The van der Waals surface area contributed by atoms with Crippen molar-refractivity contribution in [1.82, 2.24) is 5.32 Å². The minimum atomic E-state index is -4.19. The van der Waals surface area contributed by atoms with Gasteiger partial charge in [0.15, 0.2) is 0 Å². The number of hydrogen-bond acceptors (Lipinski definition) is 1. The maximum atomic E-state index is 12.1. The maximum Gasteiger partial charge on any atom is 0.403 e. The molecule has 82 valence electrons. The van der Waals surface area contributed by atoms with E-state index in [1.165, 1.54) is 0 Å². The summed E-state index contributed by atoms with van der Waals surface area (Å²) in [5.74, 6) is 0. The van der Waals surface area contributed by atoms with Crippen LogP contribution in [0, 0.1) is 0 Å². The molecule has 1 atom stereocenters. The van der Waals surface area contributed by atoms with E-state index in [1.54, 1.807) is 6.08 Å². The van der Waals surface area contributed by atoms with Crippen molar-refractivity contribution in [3.63, 3.8) is 0 Å². The van der Waals surface area contributed by atoms with Gasteiger partial charge in [-0.1, -0.05) is 18.2 Å². The van der Waals surface area contributed by atoms with Crippen LogP contribution >= 0.6 is 0 Å². The summed E-state index contributed by atoms with van der Waals surface area (Å²) in [6.07, 6.45) is -2.61. The third kappa shape index (κ3) is 4.46. The lowest BCUT2D eigenvalue weighted by Gasteiger charge is -2.17. The molecule has 0 saturated carbocycles. The summed E-state index contributed by atoms with van der Waals surface area (Å²) in [6, 6.07) is -1.49. The molecular formula is C10H16F3N. The third-order valence-electron chi connectivity index (χ3n) is 1.98. The molecule has 0 amide bonds. The lowest BCUT2D eigenvalue weighted by atomic mass is 10.1. The molecule has 0 radical (unpaired) electrons. The number of rotatable bonds is 4. The predicted octanol–water partition coefficient (Wildman–Crippen LogP) is 3.05. The average molecular weight is 207 g/mol. The summed E-state index contributed by atoms with van der Waals surface area (Å²) in [4.78, 5) is 0. The molecule has 0 aliphatic carbocycles. The summed E-state index contributed by atoms with van der Waals surface area (Å²) in [7, 11) is 0. The maximum absolute atomic E-state index is 12.1. The largest absolute Gasteiger partial charge is 0.403 e. The van der Waals surface area contributed by atoms with Crippen molar-refractivity contribution in [1.29, 1.82) is 0 Å². The van der Waals surface area contributed by atoms with Gasteiger partial charge in [-0.05, 0) is 26.3 Å². The van der Waals surface area contributed by atoms with E-state index in [9.17, 15) is 13.2 Å². The van der Waals surface area contributed by atoms with Gasteiger partial charge in [0.25, 0.3) is 0 Å². The molecule has 0 heterocycles. The first-order chi connectivity index (χ1) is 6.29. The number of nitrogens with one attached hydrogen (secondary N) is 1. The number of alkyl halides is 3. The summed E-state index contributed by atoms with van der Waals surface area (Å²) < 4.78 is 36.3. The smallest absolute Gasteiger partial charge is 0.302 e. The molecule has 0 aromatic rings. The molecular weight excluding hydrogens is 191 g/mol. The van der Waals surface area contributed by atoms with Crippen LogP contribution in [-0.4, -0.2) is 18.8 Å². The monoisotopic (exact) mass is 207 g/mol. The topological polar surface area (TPSA) is 12.0 Å². The van der Waals surface area contributed by atoms with E-state index < -0.39 is 12.2 Å². The zero-order chi connectivity index (χ0) is 11.4. The van der Waals surface area contributed by atoms with E-state index in [1.807, 2.05) is 13.8 Å². The van der Waals surface area contributed by atoms with Crippen LogP contribution in [0.3, 0.4) is 0 Å². The Hall–Kier alpha value is -0.770. The molecule has 0 saturated heterocycles. The molecule has 4 heteroatoms. The second-order valence-corrected chi connectivity index (χ2v) is 3.37. The summed E-state index contributed by atoms with van der Waals surface area (Å²) in [6.45, 7) is 8.54. The van der Waals surface area contributed by atoms with Crippen molar-refractivity contribution < 1.29 is 13.2 Å². The number of halogens is 3. The van der Waals surface area contributed by atoms with E-state index >= 15 is 0 Å². The van der Waals surface area contributed by atoms with E-state index in [-0.39, 0.29) is 6.54 Å². The van der Waals surface area contributed by atoms with Gasteiger partial charge in [0.05, 0.1) is 0 Å². The van der Waals surface area contributed by atoms with Gasteiger partial charge in [-0.15, -0.1) is 0 Å². The Labute approximate surface area is 82.7 Å². The van der Waals surface area contributed by atoms with Crippen LogP contribution in [0.1, 0.15) is 20.8 Å². The predicted molar refractivity (Wildman–Crippen MR) is 52.1 cm³/mol. The summed E-state index contributed by atoms with van der Waals surface area (Å²) >= 11 is 0. The first-order valence-electron chi connectivity index (χ1n) is 4.38. The van der Waals surface area contributed by atoms with Crippen LogP contribution in [0.2, 0.25) is 0 Å². The van der Waals surface area contributed by atoms with Crippen LogP contribution in [-0.2, 0) is 0 Å². The molecule has 1 nitrogen and oxygen atoms in total. The molecule has 0 bridgehead atoms. The van der Waals surface area contributed by atoms with E-state index in [2.05, 4.69) is 11.9 Å². The van der Waals surface area contributed by atoms with Gasteiger partial charge in [-0.2, -0.15) is 13.2 Å². The zero-order valence-electron chi connectivity index (χ0n) is 8.70. The van der Waals surface area contributed by atoms with Crippen molar-refractivity contribution in [2.45, 2.75) is 33.0 Å². The molecule has 0 aromatic heterocycles. The fourth-order valence-electron chi connectivity index (χ4n) is 0.832. The first kappa shape index (κ1) is 13.2. The van der Waals surface area contributed by atoms with Crippen molar-refractivity contribution in [2.24, 2.45) is 0 Å². The van der Waals surface area contributed by atoms with Crippen molar-refractivity contribution in [3.8, 4) is 0 Å². The Balaban J connectivity index is 4.19. The van der Waals surface area contributed by atoms with Gasteiger partial charge < -0.3 is 5.32 Å². The van der Waals surface area contributed by atoms with Gasteiger partial charge in [-0.3, -0.25) is 0 Å². The van der Waals surface area contributed by atoms with Crippen LogP contribution in [0.4, 0.5) is 13.2 Å². The fourth-order valence-corrected chi connectivity index (χ4v) is 0.832. The minimum absolute atomic E-state index is 0.201. The molecule has 0 aliphatic heterocycles. The van der Waals surface area contributed by atoms with Crippen LogP contribution in [0.25, 0.3) is 0 Å². The summed E-state index contributed by atoms with van der Waals surface area (Å²) in [5.41, 5.74) is 1.78. The van der Waals surface area contributed by atoms with E-state index in [0.29, 0.717) is 0 Å². The summed E-state index contributed by atoms with van der Waals surface area (Å²) in [5, 5.41) is 2.40. The van der Waals surface area contributed by atoms with E-state index in [0.717, 1.165) is 18.1 Å².